The van der Waals surface area contributed by atoms with Gasteiger partial charge in [-0.25, -0.2) is 8.91 Å². The van der Waals surface area contributed by atoms with Gasteiger partial charge in [0.25, 0.3) is 0 Å². The van der Waals surface area contributed by atoms with Crippen LogP contribution in [0.5, 0.6) is 0 Å². The quantitative estimate of drug-likeness (QED) is 0.616. The predicted molar refractivity (Wildman–Crippen MR) is 42.9 cm³/mol. The number of aromatic nitrogens is 2. The number of rotatable bonds is 0. The number of fused-ring (bicyclic) bond motifs is 1. The van der Waals surface area contributed by atoms with Crippen LogP contribution in [-0.2, 0) is 0 Å². The molecular weight excluding hydrogens is 211 g/mol. The average molecular weight is 215 g/mol. The summed E-state index contributed by atoms with van der Waals surface area (Å²) in [5.41, 5.74) is 0.486. The Morgan fingerprint density at radius 2 is 2.18 bits per heavy atom. The molecule has 56 valence electrons. The SMILES string of the molecule is Fc1ccc(Br)n2nccc12. The van der Waals surface area contributed by atoms with Crippen LogP contribution in [0.25, 0.3) is 5.52 Å². The van der Waals surface area contributed by atoms with Crippen molar-refractivity contribution in [2.24, 2.45) is 0 Å². The van der Waals surface area contributed by atoms with Crippen LogP contribution in [0.15, 0.2) is 29.0 Å². The zero-order chi connectivity index (χ0) is 7.84. The van der Waals surface area contributed by atoms with E-state index in [-0.39, 0.29) is 5.82 Å². The van der Waals surface area contributed by atoms with Gasteiger partial charge in [0, 0.05) is 0 Å². The molecule has 0 spiro atoms. The zero-order valence-corrected chi connectivity index (χ0v) is 7.05. The molecule has 2 nitrogen and oxygen atoms in total. The molecule has 0 aliphatic heterocycles. The Labute approximate surface area is 70.8 Å². The molecule has 0 aliphatic rings. The summed E-state index contributed by atoms with van der Waals surface area (Å²) in [4.78, 5) is 0. The van der Waals surface area contributed by atoms with Crippen molar-refractivity contribution in [1.29, 1.82) is 0 Å². The highest BCUT2D eigenvalue weighted by molar-refractivity contribution is 9.10. The van der Waals surface area contributed by atoms with E-state index in [1.165, 1.54) is 10.6 Å². The molecule has 0 atom stereocenters. The van der Waals surface area contributed by atoms with E-state index in [1.807, 2.05) is 0 Å². The Bertz CT molecular complexity index is 360. The summed E-state index contributed by atoms with van der Waals surface area (Å²) in [6, 6.07) is 4.65. The van der Waals surface area contributed by atoms with Gasteiger partial charge in [-0.1, -0.05) is 0 Å². The zero-order valence-electron chi connectivity index (χ0n) is 5.46. The van der Waals surface area contributed by atoms with Gasteiger partial charge in [-0.2, -0.15) is 5.10 Å². The molecule has 2 aromatic rings. The Hall–Kier alpha value is -0.900. The summed E-state index contributed by atoms with van der Waals surface area (Å²) in [6.07, 6.45) is 1.56. The van der Waals surface area contributed by atoms with E-state index in [0.29, 0.717) is 5.52 Å². The van der Waals surface area contributed by atoms with E-state index in [0.717, 1.165) is 4.60 Å². The lowest BCUT2D eigenvalue weighted by atomic mass is 10.4. The fraction of sp³-hybridized carbons (Fsp3) is 0. The van der Waals surface area contributed by atoms with E-state index < -0.39 is 0 Å². The molecule has 0 aromatic carbocycles. The molecule has 0 saturated heterocycles. The summed E-state index contributed by atoms with van der Waals surface area (Å²) < 4.78 is 15.2. The second-order valence-corrected chi connectivity index (χ2v) is 2.94. The summed E-state index contributed by atoms with van der Waals surface area (Å²) in [6.45, 7) is 0. The minimum atomic E-state index is -0.259. The van der Waals surface area contributed by atoms with Crippen molar-refractivity contribution >= 4 is 21.4 Å². The van der Waals surface area contributed by atoms with Crippen molar-refractivity contribution in [2.45, 2.75) is 0 Å². The molecule has 0 bridgehead atoms. The van der Waals surface area contributed by atoms with Gasteiger partial charge in [0.1, 0.15) is 15.9 Å². The van der Waals surface area contributed by atoms with E-state index in [2.05, 4.69) is 21.0 Å². The highest BCUT2D eigenvalue weighted by Gasteiger charge is 2.02. The third-order valence-corrected chi connectivity index (χ3v) is 2.06. The topological polar surface area (TPSA) is 17.3 Å². The highest BCUT2D eigenvalue weighted by Crippen LogP contribution is 2.15. The smallest absolute Gasteiger partial charge is 0.149 e. The molecule has 0 amide bonds. The predicted octanol–water partition coefficient (Wildman–Crippen LogP) is 2.24. The fourth-order valence-electron chi connectivity index (χ4n) is 0.952. The Morgan fingerprint density at radius 1 is 1.36 bits per heavy atom. The van der Waals surface area contributed by atoms with Crippen LogP contribution in [0.4, 0.5) is 4.39 Å². The maximum Gasteiger partial charge on any atom is 0.149 e. The van der Waals surface area contributed by atoms with Crippen molar-refractivity contribution in [2.75, 3.05) is 0 Å². The minimum absolute atomic E-state index is 0.259. The number of pyridine rings is 1. The van der Waals surface area contributed by atoms with Crippen LogP contribution in [0, 0.1) is 5.82 Å². The van der Waals surface area contributed by atoms with Crippen LogP contribution < -0.4 is 0 Å². The second kappa shape index (κ2) is 2.30. The van der Waals surface area contributed by atoms with Crippen molar-refractivity contribution < 1.29 is 4.39 Å². The van der Waals surface area contributed by atoms with Gasteiger partial charge in [-0.15, -0.1) is 0 Å². The van der Waals surface area contributed by atoms with Gasteiger partial charge in [-0.05, 0) is 34.1 Å². The number of nitrogens with zero attached hydrogens (tertiary/aromatic N) is 2. The van der Waals surface area contributed by atoms with E-state index in [9.17, 15) is 4.39 Å². The summed E-state index contributed by atoms with van der Waals surface area (Å²) in [5.74, 6) is -0.259. The maximum absolute atomic E-state index is 12.9. The van der Waals surface area contributed by atoms with E-state index in [4.69, 9.17) is 0 Å². The minimum Gasteiger partial charge on any atom is -0.224 e. The third-order valence-electron chi connectivity index (χ3n) is 1.46. The maximum atomic E-state index is 12.9. The normalized spacial score (nSPS) is 10.7. The van der Waals surface area contributed by atoms with Crippen molar-refractivity contribution in [1.82, 2.24) is 9.61 Å². The van der Waals surface area contributed by atoms with Crippen LogP contribution in [-0.4, -0.2) is 9.61 Å². The van der Waals surface area contributed by atoms with E-state index >= 15 is 0 Å². The van der Waals surface area contributed by atoms with Crippen LogP contribution in [0.3, 0.4) is 0 Å². The third kappa shape index (κ3) is 0.939. The summed E-state index contributed by atoms with van der Waals surface area (Å²) >= 11 is 3.24. The van der Waals surface area contributed by atoms with Gasteiger partial charge in [0.15, 0.2) is 0 Å². The van der Waals surface area contributed by atoms with Crippen LogP contribution in [0.2, 0.25) is 0 Å². The first-order valence-electron chi connectivity index (χ1n) is 3.07. The van der Waals surface area contributed by atoms with Gasteiger partial charge in [-0.3, -0.25) is 0 Å². The molecule has 0 N–H and O–H groups in total. The average Bonchev–Trinajstić information content (AvgIpc) is 2.45. The first-order valence-corrected chi connectivity index (χ1v) is 3.86. The molecular formula is C7H4BrFN2. The first-order chi connectivity index (χ1) is 5.29. The Kier molecular flexibility index (Phi) is 1.42. The number of halogens is 2. The Morgan fingerprint density at radius 3 is 2.91 bits per heavy atom. The van der Waals surface area contributed by atoms with Crippen molar-refractivity contribution in [3.05, 3.63) is 34.8 Å². The molecule has 2 rings (SSSR count). The second-order valence-electron chi connectivity index (χ2n) is 2.13. The molecule has 0 aliphatic carbocycles. The molecule has 11 heavy (non-hydrogen) atoms. The molecule has 4 heteroatoms. The van der Waals surface area contributed by atoms with Gasteiger partial charge < -0.3 is 0 Å². The Balaban J connectivity index is 2.96. The lowest BCUT2D eigenvalue weighted by Gasteiger charge is -1.96. The molecule has 2 heterocycles. The standard InChI is InChI=1S/C7H4BrFN2/c8-7-2-1-5(9)6-3-4-10-11(6)7/h1-4H. The molecule has 0 unspecified atom stereocenters. The lowest BCUT2D eigenvalue weighted by Crippen LogP contribution is -1.90. The monoisotopic (exact) mass is 214 g/mol. The van der Waals surface area contributed by atoms with Crippen LogP contribution in [0.1, 0.15) is 0 Å². The molecule has 0 saturated carbocycles. The van der Waals surface area contributed by atoms with Crippen LogP contribution >= 0.6 is 15.9 Å². The highest BCUT2D eigenvalue weighted by atomic mass is 79.9. The molecule has 0 fully saturated rings. The first kappa shape index (κ1) is 6.79. The van der Waals surface area contributed by atoms with Crippen molar-refractivity contribution in [3.63, 3.8) is 0 Å². The molecule has 2 aromatic heterocycles. The van der Waals surface area contributed by atoms with Crippen molar-refractivity contribution in [3.8, 4) is 0 Å². The molecule has 0 radical (unpaired) electrons. The largest absolute Gasteiger partial charge is 0.224 e. The number of hydrogen-bond donors (Lipinski definition) is 0. The summed E-state index contributed by atoms with van der Waals surface area (Å²) in [7, 11) is 0. The van der Waals surface area contributed by atoms with Gasteiger partial charge in [0.05, 0.1) is 6.20 Å². The summed E-state index contributed by atoms with van der Waals surface area (Å²) in [5, 5.41) is 3.91. The van der Waals surface area contributed by atoms with Gasteiger partial charge >= 0.3 is 0 Å². The lowest BCUT2D eigenvalue weighted by molar-refractivity contribution is 0.629. The fourth-order valence-corrected chi connectivity index (χ4v) is 1.37. The van der Waals surface area contributed by atoms with Gasteiger partial charge in [0.2, 0.25) is 0 Å². The number of hydrogen-bond acceptors (Lipinski definition) is 1. The van der Waals surface area contributed by atoms with E-state index in [1.54, 1.807) is 18.3 Å².